The lowest BCUT2D eigenvalue weighted by atomic mass is 9.84. The molecule has 0 spiro atoms. The molecular formula is C22H24N2O3. The Hall–Kier alpha value is -2.82. The minimum atomic E-state index is -0.216. The van der Waals surface area contributed by atoms with Gasteiger partial charge in [-0.25, -0.2) is 4.79 Å². The molecule has 0 saturated carbocycles. The van der Waals surface area contributed by atoms with Crippen LogP contribution in [0.15, 0.2) is 54.7 Å². The van der Waals surface area contributed by atoms with Crippen molar-refractivity contribution in [3.8, 4) is 5.75 Å². The number of aromatic nitrogens is 1. The van der Waals surface area contributed by atoms with E-state index in [0.29, 0.717) is 6.61 Å². The third-order valence-corrected chi connectivity index (χ3v) is 5.35. The van der Waals surface area contributed by atoms with E-state index in [9.17, 15) is 4.79 Å². The molecule has 27 heavy (non-hydrogen) atoms. The summed E-state index contributed by atoms with van der Waals surface area (Å²) in [4.78, 5) is 19.2. The second kappa shape index (κ2) is 7.82. The largest absolute Gasteiger partial charge is 0.495 e. The number of carbonyl (C=O) groups excluding carboxylic acids is 1. The summed E-state index contributed by atoms with van der Waals surface area (Å²) in [7, 11) is 1.64. The molecule has 1 aromatic carbocycles. The number of nitrogens with zero attached hydrogens (tertiary/aromatic N) is 2. The maximum atomic E-state index is 12.8. The molecular weight excluding hydrogens is 340 g/mol. The molecule has 0 aliphatic carbocycles. The lowest BCUT2D eigenvalue weighted by Gasteiger charge is -2.44. The molecule has 4 rings (SSSR count). The maximum Gasteiger partial charge on any atom is 0.410 e. The van der Waals surface area contributed by atoms with Crippen LogP contribution >= 0.6 is 0 Å². The first kappa shape index (κ1) is 17.6. The van der Waals surface area contributed by atoms with Crippen molar-refractivity contribution in [2.45, 2.75) is 44.4 Å². The third-order valence-electron chi connectivity index (χ3n) is 5.35. The highest BCUT2D eigenvalue weighted by molar-refractivity contribution is 5.73. The molecule has 2 aliphatic heterocycles. The molecule has 3 heterocycles. The second-order valence-corrected chi connectivity index (χ2v) is 7.08. The Labute approximate surface area is 159 Å². The van der Waals surface area contributed by atoms with Crippen LogP contribution in [0.3, 0.4) is 0 Å². The van der Waals surface area contributed by atoms with Crippen LogP contribution in [0, 0.1) is 0 Å². The first-order valence-electron chi connectivity index (χ1n) is 9.45. The number of carbonyl (C=O) groups is 1. The summed E-state index contributed by atoms with van der Waals surface area (Å²) in [5.41, 5.74) is 3.18. The van der Waals surface area contributed by atoms with Crippen LogP contribution in [0.1, 0.15) is 36.9 Å². The van der Waals surface area contributed by atoms with Crippen molar-refractivity contribution in [3.05, 3.63) is 66.0 Å². The van der Waals surface area contributed by atoms with Gasteiger partial charge in [0.25, 0.3) is 0 Å². The molecule has 2 unspecified atom stereocenters. The molecule has 0 radical (unpaired) electrons. The fourth-order valence-electron chi connectivity index (χ4n) is 3.99. The Balaban J connectivity index is 1.48. The fourth-order valence-corrected chi connectivity index (χ4v) is 3.99. The van der Waals surface area contributed by atoms with Crippen molar-refractivity contribution >= 4 is 11.7 Å². The number of piperidine rings is 1. The summed E-state index contributed by atoms with van der Waals surface area (Å²) in [6.07, 6.45) is 7.64. The van der Waals surface area contributed by atoms with Gasteiger partial charge in [0.1, 0.15) is 12.4 Å². The van der Waals surface area contributed by atoms with Crippen molar-refractivity contribution in [1.82, 2.24) is 9.88 Å². The Morgan fingerprint density at radius 2 is 2.04 bits per heavy atom. The predicted molar refractivity (Wildman–Crippen MR) is 103 cm³/mol. The van der Waals surface area contributed by atoms with E-state index in [-0.39, 0.29) is 18.2 Å². The van der Waals surface area contributed by atoms with Gasteiger partial charge >= 0.3 is 6.09 Å². The van der Waals surface area contributed by atoms with Gasteiger partial charge in [-0.3, -0.25) is 9.88 Å². The van der Waals surface area contributed by atoms with Gasteiger partial charge in [0.05, 0.1) is 25.0 Å². The minimum Gasteiger partial charge on any atom is -0.495 e. The molecule has 0 N–H and O–H groups in total. The minimum absolute atomic E-state index is 0.0830. The van der Waals surface area contributed by atoms with Gasteiger partial charge in [0.2, 0.25) is 0 Å². The zero-order chi connectivity index (χ0) is 18.6. The third kappa shape index (κ3) is 3.82. The Morgan fingerprint density at radius 1 is 1.19 bits per heavy atom. The van der Waals surface area contributed by atoms with Crippen molar-refractivity contribution in [3.63, 3.8) is 0 Å². The average molecular weight is 364 g/mol. The summed E-state index contributed by atoms with van der Waals surface area (Å²) in [5.74, 6) is 0.751. The smallest absolute Gasteiger partial charge is 0.410 e. The summed E-state index contributed by atoms with van der Waals surface area (Å²) in [5, 5.41) is 0. The number of hydrogen-bond acceptors (Lipinski definition) is 4. The number of fused-ring (bicyclic) bond motifs is 2. The van der Waals surface area contributed by atoms with Crippen LogP contribution in [0.25, 0.3) is 5.57 Å². The molecule has 1 amide bonds. The fraction of sp³-hybridized carbons (Fsp3) is 0.364. The molecule has 5 heteroatoms. The number of ether oxygens (including phenoxy) is 2. The topological polar surface area (TPSA) is 51.7 Å². The van der Waals surface area contributed by atoms with Crippen molar-refractivity contribution in [2.75, 3.05) is 7.11 Å². The number of pyridine rings is 1. The lowest BCUT2D eigenvalue weighted by Crippen LogP contribution is -2.51. The lowest BCUT2D eigenvalue weighted by molar-refractivity contribution is 0.0510. The molecule has 140 valence electrons. The zero-order valence-electron chi connectivity index (χ0n) is 15.5. The number of benzene rings is 1. The van der Waals surface area contributed by atoms with Crippen LogP contribution in [-0.4, -0.2) is 35.2 Å². The van der Waals surface area contributed by atoms with Crippen LogP contribution < -0.4 is 4.74 Å². The molecule has 1 fully saturated rings. The van der Waals surface area contributed by atoms with Crippen molar-refractivity contribution in [1.29, 1.82) is 0 Å². The second-order valence-electron chi connectivity index (χ2n) is 7.08. The van der Waals surface area contributed by atoms with Crippen molar-refractivity contribution in [2.24, 2.45) is 0 Å². The number of hydrogen-bond donors (Lipinski definition) is 0. The molecule has 2 atom stereocenters. The van der Waals surface area contributed by atoms with Gasteiger partial charge in [0, 0.05) is 6.04 Å². The highest BCUT2D eigenvalue weighted by Crippen LogP contribution is 2.37. The summed E-state index contributed by atoms with van der Waals surface area (Å²) in [6.45, 7) is 0.312. The van der Waals surface area contributed by atoms with E-state index in [0.717, 1.165) is 42.7 Å². The van der Waals surface area contributed by atoms with E-state index in [2.05, 4.69) is 11.1 Å². The Kier molecular flexibility index (Phi) is 5.10. The average Bonchev–Trinajstić information content (AvgIpc) is 2.72. The van der Waals surface area contributed by atoms with Crippen molar-refractivity contribution < 1.29 is 14.3 Å². The monoisotopic (exact) mass is 364 g/mol. The highest BCUT2D eigenvalue weighted by Gasteiger charge is 2.38. The number of methoxy groups -OCH3 is 1. The quantitative estimate of drug-likeness (QED) is 0.805. The summed E-state index contributed by atoms with van der Waals surface area (Å²) >= 11 is 0. The summed E-state index contributed by atoms with van der Waals surface area (Å²) < 4.78 is 10.8. The Morgan fingerprint density at radius 3 is 2.74 bits per heavy atom. The first-order chi connectivity index (χ1) is 13.2. The molecule has 1 aromatic heterocycles. The molecule has 1 saturated heterocycles. The van der Waals surface area contributed by atoms with Crippen LogP contribution in [0.2, 0.25) is 0 Å². The highest BCUT2D eigenvalue weighted by atomic mass is 16.6. The van der Waals surface area contributed by atoms with Gasteiger partial charge in [-0.1, -0.05) is 36.4 Å². The van der Waals surface area contributed by atoms with Gasteiger partial charge < -0.3 is 9.47 Å². The van der Waals surface area contributed by atoms with E-state index in [1.165, 1.54) is 5.57 Å². The van der Waals surface area contributed by atoms with Gasteiger partial charge in [-0.05, 0) is 49.0 Å². The standard InChI is InChI=1S/C22H24N2O3/c1-26-20-10-11-21(23-14-20)17-12-18-8-5-9-19(13-17)24(18)22(25)27-15-16-6-3-2-4-7-16/h2-4,6-7,10-12,14,18-19H,5,8-9,13,15H2,1H3. The van der Waals surface area contributed by atoms with Gasteiger partial charge in [-0.2, -0.15) is 0 Å². The normalized spacial score (nSPS) is 21.4. The zero-order valence-corrected chi connectivity index (χ0v) is 15.5. The van der Waals surface area contributed by atoms with E-state index in [1.807, 2.05) is 47.4 Å². The molecule has 2 aliphatic rings. The first-order valence-corrected chi connectivity index (χ1v) is 9.45. The van der Waals surface area contributed by atoms with E-state index in [1.54, 1.807) is 13.3 Å². The van der Waals surface area contributed by atoms with E-state index >= 15 is 0 Å². The van der Waals surface area contributed by atoms with Crippen LogP contribution in [0.4, 0.5) is 4.79 Å². The number of rotatable bonds is 4. The van der Waals surface area contributed by atoms with E-state index < -0.39 is 0 Å². The van der Waals surface area contributed by atoms with E-state index in [4.69, 9.17) is 9.47 Å². The summed E-state index contributed by atoms with van der Waals surface area (Å²) in [6, 6.07) is 14.0. The number of amides is 1. The molecule has 5 nitrogen and oxygen atoms in total. The molecule has 2 aromatic rings. The Bertz CT molecular complexity index is 817. The van der Waals surface area contributed by atoms with Gasteiger partial charge in [-0.15, -0.1) is 0 Å². The predicted octanol–water partition coefficient (Wildman–Crippen LogP) is 4.44. The van der Waals surface area contributed by atoms with Crippen LogP contribution in [0.5, 0.6) is 5.75 Å². The SMILES string of the molecule is COc1ccc(C2=CC3CCCC(C2)N3C(=O)OCc2ccccc2)nc1. The van der Waals surface area contributed by atoms with Crippen LogP contribution in [-0.2, 0) is 11.3 Å². The van der Waals surface area contributed by atoms with Gasteiger partial charge in [0.15, 0.2) is 0 Å². The maximum absolute atomic E-state index is 12.8. The molecule has 2 bridgehead atoms.